The maximum atomic E-state index is 12.8. The summed E-state index contributed by atoms with van der Waals surface area (Å²) < 4.78 is 39.4. The Morgan fingerprint density at radius 1 is 1.14 bits per heavy atom. The van der Waals surface area contributed by atoms with E-state index in [1.165, 1.54) is 12.6 Å². The fourth-order valence-corrected chi connectivity index (χ4v) is 4.00. The number of amides is 1. The highest BCUT2D eigenvalue weighted by molar-refractivity contribution is 8.00. The molecule has 1 aliphatic rings. The van der Waals surface area contributed by atoms with Gasteiger partial charge in [-0.15, -0.1) is 10.2 Å². The zero-order chi connectivity index (χ0) is 20.3. The Morgan fingerprint density at radius 2 is 1.79 bits per heavy atom. The van der Waals surface area contributed by atoms with Crippen LogP contribution >= 0.6 is 11.8 Å². The lowest BCUT2D eigenvalue weighted by Gasteiger charge is -2.35. The molecule has 1 amide bonds. The van der Waals surface area contributed by atoms with E-state index in [1.54, 1.807) is 11.8 Å². The molecule has 1 atom stereocenters. The summed E-state index contributed by atoms with van der Waals surface area (Å²) in [5.41, 5.74) is 1.23. The summed E-state index contributed by atoms with van der Waals surface area (Å²) in [7, 11) is 1.25. The number of alkyl halides is 3. The van der Waals surface area contributed by atoms with Crippen LogP contribution in [0.4, 0.5) is 13.2 Å². The van der Waals surface area contributed by atoms with Gasteiger partial charge in [-0.25, -0.2) is 0 Å². The van der Waals surface area contributed by atoms with Gasteiger partial charge in [0.05, 0.1) is 5.25 Å². The molecule has 1 aromatic heterocycles. The molecule has 0 spiro atoms. The first-order valence-electron chi connectivity index (χ1n) is 8.94. The van der Waals surface area contributed by atoms with Crippen LogP contribution in [-0.2, 0) is 24.6 Å². The zero-order valence-electron chi connectivity index (χ0n) is 15.7. The van der Waals surface area contributed by atoms with Gasteiger partial charge in [0, 0.05) is 39.8 Å². The Hall–Kier alpha value is -2.07. The normalized spacial score (nSPS) is 17.0. The Kier molecular flexibility index (Phi) is 6.29. The lowest BCUT2D eigenvalue weighted by atomic mass is 10.2. The Bertz CT molecular complexity index is 803. The van der Waals surface area contributed by atoms with Crippen LogP contribution in [0.3, 0.4) is 0 Å². The number of carbonyl (C=O) groups excluding carboxylic acids is 1. The first-order chi connectivity index (χ1) is 13.3. The number of piperazine rings is 1. The largest absolute Gasteiger partial charge is 0.451 e. The SMILES string of the molecule is CC(Sc1nnc(C(F)(F)F)n1C)C(=O)N1CCN(Cc2ccccc2)CC1. The van der Waals surface area contributed by atoms with Crippen molar-refractivity contribution < 1.29 is 18.0 Å². The van der Waals surface area contributed by atoms with Gasteiger partial charge in [0.25, 0.3) is 0 Å². The second-order valence-electron chi connectivity index (χ2n) is 6.71. The highest BCUT2D eigenvalue weighted by atomic mass is 32.2. The minimum Gasteiger partial charge on any atom is -0.339 e. The van der Waals surface area contributed by atoms with Crippen molar-refractivity contribution >= 4 is 17.7 Å². The third-order valence-corrected chi connectivity index (χ3v) is 5.77. The van der Waals surface area contributed by atoms with Gasteiger partial charge >= 0.3 is 6.18 Å². The first-order valence-corrected chi connectivity index (χ1v) is 9.82. The molecule has 2 heterocycles. The quantitative estimate of drug-likeness (QED) is 0.706. The number of halogens is 3. The molecule has 1 aliphatic heterocycles. The van der Waals surface area contributed by atoms with Crippen LogP contribution in [-0.4, -0.2) is 61.9 Å². The van der Waals surface area contributed by atoms with E-state index in [0.717, 1.165) is 36.0 Å². The van der Waals surface area contributed by atoms with E-state index < -0.39 is 17.3 Å². The number of hydrogen-bond acceptors (Lipinski definition) is 5. The lowest BCUT2D eigenvalue weighted by molar-refractivity contribution is -0.147. The summed E-state index contributed by atoms with van der Waals surface area (Å²) >= 11 is 0.997. The fraction of sp³-hybridized carbons (Fsp3) is 0.500. The van der Waals surface area contributed by atoms with Crippen LogP contribution in [0.25, 0.3) is 0 Å². The van der Waals surface area contributed by atoms with Crippen LogP contribution in [0, 0.1) is 0 Å². The molecular formula is C18H22F3N5OS. The zero-order valence-corrected chi connectivity index (χ0v) is 16.5. The summed E-state index contributed by atoms with van der Waals surface area (Å²) in [5.74, 6) is -1.16. The summed E-state index contributed by atoms with van der Waals surface area (Å²) in [5, 5.41) is 6.32. The summed E-state index contributed by atoms with van der Waals surface area (Å²) in [6.45, 7) is 5.25. The molecule has 10 heteroatoms. The monoisotopic (exact) mass is 413 g/mol. The van der Waals surface area contributed by atoms with Crippen molar-refractivity contribution in [2.75, 3.05) is 26.2 Å². The number of rotatable bonds is 5. The predicted molar refractivity (Wildman–Crippen MR) is 99.6 cm³/mol. The molecule has 6 nitrogen and oxygen atoms in total. The minimum atomic E-state index is -4.57. The predicted octanol–water partition coefficient (Wildman–Crippen LogP) is 2.66. The van der Waals surface area contributed by atoms with Gasteiger partial charge in [-0.2, -0.15) is 13.2 Å². The topological polar surface area (TPSA) is 54.3 Å². The van der Waals surface area contributed by atoms with Gasteiger partial charge < -0.3 is 9.47 Å². The van der Waals surface area contributed by atoms with Gasteiger partial charge in [0.1, 0.15) is 0 Å². The maximum absolute atomic E-state index is 12.8. The van der Waals surface area contributed by atoms with E-state index in [4.69, 9.17) is 0 Å². The number of nitrogens with zero attached hydrogens (tertiary/aromatic N) is 5. The van der Waals surface area contributed by atoms with Crippen molar-refractivity contribution in [1.29, 1.82) is 0 Å². The van der Waals surface area contributed by atoms with Gasteiger partial charge in [-0.1, -0.05) is 42.1 Å². The van der Waals surface area contributed by atoms with E-state index in [-0.39, 0.29) is 11.1 Å². The van der Waals surface area contributed by atoms with Crippen LogP contribution in [0.15, 0.2) is 35.5 Å². The smallest absolute Gasteiger partial charge is 0.339 e. The fourth-order valence-electron chi connectivity index (χ4n) is 3.10. The summed E-state index contributed by atoms with van der Waals surface area (Å²) in [6, 6.07) is 10.1. The average Bonchev–Trinajstić information content (AvgIpc) is 3.03. The number of aromatic nitrogens is 3. The van der Waals surface area contributed by atoms with Crippen molar-refractivity contribution in [2.24, 2.45) is 7.05 Å². The molecule has 0 aliphatic carbocycles. The van der Waals surface area contributed by atoms with Gasteiger partial charge in [-0.05, 0) is 12.5 Å². The standard InChI is InChI=1S/C18H22F3N5OS/c1-13(28-17-23-22-16(24(17)2)18(19,20)21)15(27)26-10-8-25(9-11-26)12-14-6-4-3-5-7-14/h3-7,13H,8-12H2,1-2H3. The van der Waals surface area contributed by atoms with Crippen LogP contribution in [0.2, 0.25) is 0 Å². The molecule has 1 fully saturated rings. The highest BCUT2D eigenvalue weighted by Gasteiger charge is 2.38. The molecule has 0 saturated carbocycles. The van der Waals surface area contributed by atoms with E-state index in [9.17, 15) is 18.0 Å². The van der Waals surface area contributed by atoms with Crippen molar-refractivity contribution in [3.8, 4) is 0 Å². The summed E-state index contributed by atoms with van der Waals surface area (Å²) in [4.78, 5) is 16.7. The number of hydrogen-bond donors (Lipinski definition) is 0. The van der Waals surface area contributed by atoms with E-state index in [1.807, 2.05) is 18.2 Å². The maximum Gasteiger partial charge on any atom is 0.451 e. The highest BCUT2D eigenvalue weighted by Crippen LogP contribution is 2.31. The Morgan fingerprint density at radius 3 is 2.36 bits per heavy atom. The molecule has 1 aromatic carbocycles. The molecule has 0 radical (unpaired) electrons. The Labute approximate surface area is 165 Å². The second-order valence-corrected chi connectivity index (χ2v) is 8.02. The van der Waals surface area contributed by atoms with E-state index in [0.29, 0.717) is 13.1 Å². The lowest BCUT2D eigenvalue weighted by Crippen LogP contribution is -2.50. The van der Waals surface area contributed by atoms with Crippen LogP contribution < -0.4 is 0 Å². The second kappa shape index (κ2) is 8.52. The number of thioether (sulfide) groups is 1. The third kappa shape index (κ3) is 4.85. The Balaban J connectivity index is 1.53. The van der Waals surface area contributed by atoms with Crippen molar-refractivity contribution in [3.05, 3.63) is 41.7 Å². The molecule has 0 N–H and O–H groups in total. The molecular weight excluding hydrogens is 391 g/mol. The van der Waals surface area contributed by atoms with Crippen molar-refractivity contribution in [3.63, 3.8) is 0 Å². The molecule has 2 aromatic rings. The average molecular weight is 413 g/mol. The minimum absolute atomic E-state index is 0.0795. The first kappa shape index (κ1) is 20.7. The number of carbonyl (C=O) groups is 1. The van der Waals surface area contributed by atoms with Crippen LogP contribution in [0.1, 0.15) is 18.3 Å². The van der Waals surface area contributed by atoms with Crippen molar-refractivity contribution in [1.82, 2.24) is 24.6 Å². The molecule has 1 unspecified atom stereocenters. The molecule has 3 rings (SSSR count). The molecule has 152 valence electrons. The van der Waals surface area contributed by atoms with Gasteiger partial charge in [0.2, 0.25) is 11.7 Å². The molecule has 28 heavy (non-hydrogen) atoms. The van der Waals surface area contributed by atoms with Crippen molar-refractivity contribution in [2.45, 2.75) is 30.1 Å². The third-order valence-electron chi connectivity index (χ3n) is 4.65. The van der Waals surface area contributed by atoms with Gasteiger partial charge in [0.15, 0.2) is 5.16 Å². The molecule has 0 bridgehead atoms. The summed E-state index contributed by atoms with van der Waals surface area (Å²) in [6.07, 6.45) is -4.57. The van der Waals surface area contributed by atoms with Gasteiger partial charge in [-0.3, -0.25) is 9.69 Å². The van der Waals surface area contributed by atoms with Crippen LogP contribution in [0.5, 0.6) is 0 Å². The number of benzene rings is 1. The van der Waals surface area contributed by atoms with E-state index in [2.05, 4.69) is 27.2 Å². The van der Waals surface area contributed by atoms with E-state index >= 15 is 0 Å². The molecule has 1 saturated heterocycles.